The molecule has 0 aliphatic carbocycles. The van der Waals surface area contributed by atoms with Gasteiger partial charge < -0.3 is 9.80 Å². The van der Waals surface area contributed by atoms with Crippen LogP contribution < -0.4 is 0 Å². The Kier molecular flexibility index (Phi) is 5.89. The van der Waals surface area contributed by atoms with Crippen molar-refractivity contribution in [1.29, 1.82) is 0 Å². The fourth-order valence-electron chi connectivity index (χ4n) is 3.08. The van der Waals surface area contributed by atoms with Crippen LogP contribution in [0, 0.1) is 5.82 Å². The van der Waals surface area contributed by atoms with Crippen molar-refractivity contribution >= 4 is 23.4 Å². The Labute approximate surface area is 157 Å². The van der Waals surface area contributed by atoms with Gasteiger partial charge in [0.05, 0.1) is 6.42 Å². The third-order valence-corrected chi connectivity index (χ3v) is 4.71. The smallest absolute Gasteiger partial charge is 0.253 e. The van der Waals surface area contributed by atoms with Gasteiger partial charge >= 0.3 is 0 Å². The number of carbonyl (C=O) groups excluding carboxylic acids is 2. The SMILES string of the molecule is O=C(Cc1cccc(Cl)c1)N1CCCN(C(=O)c2ccc(F)cc2)CC1. The monoisotopic (exact) mass is 374 g/mol. The maximum Gasteiger partial charge on any atom is 0.253 e. The van der Waals surface area contributed by atoms with E-state index in [2.05, 4.69) is 0 Å². The Morgan fingerprint density at radius 2 is 1.65 bits per heavy atom. The van der Waals surface area contributed by atoms with E-state index in [1.165, 1.54) is 24.3 Å². The van der Waals surface area contributed by atoms with Crippen LogP contribution in [-0.4, -0.2) is 47.8 Å². The molecule has 1 heterocycles. The minimum absolute atomic E-state index is 0.0309. The molecule has 0 bridgehead atoms. The molecule has 0 N–H and O–H groups in total. The highest BCUT2D eigenvalue weighted by atomic mass is 35.5. The van der Waals surface area contributed by atoms with Gasteiger partial charge in [-0.25, -0.2) is 4.39 Å². The minimum atomic E-state index is -0.366. The Morgan fingerprint density at radius 1 is 0.962 bits per heavy atom. The quantitative estimate of drug-likeness (QED) is 0.826. The van der Waals surface area contributed by atoms with Crippen molar-refractivity contribution in [3.05, 3.63) is 70.5 Å². The maximum atomic E-state index is 13.0. The Morgan fingerprint density at radius 3 is 2.38 bits per heavy atom. The summed E-state index contributed by atoms with van der Waals surface area (Å²) in [6, 6.07) is 12.8. The molecule has 3 rings (SSSR count). The second-order valence-electron chi connectivity index (χ2n) is 6.34. The van der Waals surface area contributed by atoms with Crippen LogP contribution in [-0.2, 0) is 11.2 Å². The number of hydrogen-bond acceptors (Lipinski definition) is 2. The zero-order valence-electron chi connectivity index (χ0n) is 14.3. The second-order valence-corrected chi connectivity index (χ2v) is 6.78. The van der Waals surface area contributed by atoms with Crippen molar-refractivity contribution in [2.24, 2.45) is 0 Å². The molecule has 1 saturated heterocycles. The van der Waals surface area contributed by atoms with Gasteiger partial charge in [-0.15, -0.1) is 0 Å². The highest BCUT2D eigenvalue weighted by Gasteiger charge is 2.23. The zero-order valence-corrected chi connectivity index (χ0v) is 15.1. The van der Waals surface area contributed by atoms with E-state index >= 15 is 0 Å². The predicted octanol–water partition coefficient (Wildman–Crippen LogP) is 3.40. The molecule has 2 aromatic rings. The zero-order chi connectivity index (χ0) is 18.5. The summed E-state index contributed by atoms with van der Waals surface area (Å²) >= 11 is 5.97. The van der Waals surface area contributed by atoms with Crippen molar-refractivity contribution in [1.82, 2.24) is 9.80 Å². The molecule has 0 spiro atoms. The molecular formula is C20H20ClFN2O2. The number of nitrogens with zero attached hydrogens (tertiary/aromatic N) is 2. The maximum absolute atomic E-state index is 13.0. The van der Waals surface area contributed by atoms with E-state index in [9.17, 15) is 14.0 Å². The summed E-state index contributed by atoms with van der Waals surface area (Å²) < 4.78 is 13.0. The highest BCUT2D eigenvalue weighted by Crippen LogP contribution is 2.14. The molecule has 1 fully saturated rings. The van der Waals surface area contributed by atoms with Crippen molar-refractivity contribution in [3.63, 3.8) is 0 Å². The number of amides is 2. The van der Waals surface area contributed by atoms with E-state index in [0.717, 1.165) is 5.56 Å². The lowest BCUT2D eigenvalue weighted by molar-refractivity contribution is -0.130. The van der Waals surface area contributed by atoms with Crippen LogP contribution in [0.2, 0.25) is 5.02 Å². The van der Waals surface area contributed by atoms with Gasteiger partial charge in [-0.2, -0.15) is 0 Å². The van der Waals surface area contributed by atoms with Crippen LogP contribution in [0.3, 0.4) is 0 Å². The topological polar surface area (TPSA) is 40.6 Å². The lowest BCUT2D eigenvalue weighted by Gasteiger charge is -2.22. The molecular weight excluding hydrogens is 355 g/mol. The van der Waals surface area contributed by atoms with Crippen molar-refractivity contribution in [2.75, 3.05) is 26.2 Å². The van der Waals surface area contributed by atoms with E-state index in [0.29, 0.717) is 49.6 Å². The van der Waals surface area contributed by atoms with E-state index in [1.54, 1.807) is 21.9 Å². The third-order valence-electron chi connectivity index (χ3n) is 4.47. The number of halogens is 2. The summed E-state index contributed by atoms with van der Waals surface area (Å²) in [5.41, 5.74) is 1.34. The largest absolute Gasteiger partial charge is 0.341 e. The molecule has 0 saturated carbocycles. The van der Waals surface area contributed by atoms with Gasteiger partial charge in [-0.3, -0.25) is 9.59 Å². The van der Waals surface area contributed by atoms with Crippen LogP contribution >= 0.6 is 11.6 Å². The van der Waals surface area contributed by atoms with E-state index in [4.69, 9.17) is 11.6 Å². The molecule has 2 aromatic carbocycles. The minimum Gasteiger partial charge on any atom is -0.341 e. The van der Waals surface area contributed by atoms with Crippen molar-refractivity contribution in [3.8, 4) is 0 Å². The standard InChI is InChI=1S/C20H20ClFN2O2/c21-17-4-1-3-15(13-17)14-19(25)23-9-2-10-24(12-11-23)20(26)16-5-7-18(22)8-6-16/h1,3-8,13H,2,9-12,14H2. The molecule has 0 atom stereocenters. The number of carbonyl (C=O) groups is 2. The predicted molar refractivity (Wildman–Crippen MR) is 98.7 cm³/mol. The summed E-state index contributed by atoms with van der Waals surface area (Å²) in [6.45, 7) is 2.16. The van der Waals surface area contributed by atoms with Gasteiger partial charge in [0.25, 0.3) is 5.91 Å². The van der Waals surface area contributed by atoms with Gasteiger partial charge in [0.15, 0.2) is 0 Å². The summed E-state index contributed by atoms with van der Waals surface area (Å²) in [5, 5.41) is 0.613. The van der Waals surface area contributed by atoms with Gasteiger partial charge in [0, 0.05) is 36.8 Å². The Balaban J connectivity index is 1.59. The van der Waals surface area contributed by atoms with Crippen LogP contribution in [0.1, 0.15) is 22.3 Å². The first-order valence-corrected chi connectivity index (χ1v) is 8.98. The van der Waals surface area contributed by atoms with Gasteiger partial charge in [0.1, 0.15) is 5.82 Å². The average molecular weight is 375 g/mol. The molecule has 2 amide bonds. The Bertz CT molecular complexity index is 795. The van der Waals surface area contributed by atoms with Crippen molar-refractivity contribution < 1.29 is 14.0 Å². The van der Waals surface area contributed by atoms with Crippen LogP contribution in [0.4, 0.5) is 4.39 Å². The fourth-order valence-corrected chi connectivity index (χ4v) is 3.29. The Hall–Kier alpha value is -2.40. The first-order chi connectivity index (χ1) is 12.5. The van der Waals surface area contributed by atoms with Crippen molar-refractivity contribution in [2.45, 2.75) is 12.8 Å². The van der Waals surface area contributed by atoms with Gasteiger partial charge in [-0.05, 0) is 48.4 Å². The first kappa shape index (κ1) is 18.4. The molecule has 6 heteroatoms. The van der Waals surface area contributed by atoms with Crippen LogP contribution in [0.15, 0.2) is 48.5 Å². The molecule has 1 aliphatic rings. The molecule has 1 aliphatic heterocycles. The fraction of sp³-hybridized carbons (Fsp3) is 0.300. The molecule has 0 aromatic heterocycles. The lowest BCUT2D eigenvalue weighted by atomic mass is 10.1. The second kappa shape index (κ2) is 8.32. The number of hydrogen-bond donors (Lipinski definition) is 0. The van der Waals surface area contributed by atoms with E-state index in [-0.39, 0.29) is 17.6 Å². The van der Waals surface area contributed by atoms with Gasteiger partial charge in [0.2, 0.25) is 5.91 Å². The summed E-state index contributed by atoms with van der Waals surface area (Å²) in [6.07, 6.45) is 1.01. The molecule has 136 valence electrons. The normalized spacial score (nSPS) is 14.8. The molecule has 4 nitrogen and oxygen atoms in total. The highest BCUT2D eigenvalue weighted by molar-refractivity contribution is 6.30. The summed E-state index contributed by atoms with van der Waals surface area (Å²) in [5.74, 6) is -0.465. The summed E-state index contributed by atoms with van der Waals surface area (Å²) in [7, 11) is 0. The first-order valence-electron chi connectivity index (χ1n) is 8.60. The number of benzene rings is 2. The van der Waals surface area contributed by atoms with Crippen LogP contribution in [0.5, 0.6) is 0 Å². The lowest BCUT2D eigenvalue weighted by Crippen LogP contribution is -2.38. The number of rotatable bonds is 3. The average Bonchev–Trinajstić information content (AvgIpc) is 2.88. The van der Waals surface area contributed by atoms with E-state index in [1.807, 2.05) is 12.1 Å². The molecule has 26 heavy (non-hydrogen) atoms. The van der Waals surface area contributed by atoms with Gasteiger partial charge in [-0.1, -0.05) is 23.7 Å². The third kappa shape index (κ3) is 4.61. The summed E-state index contributed by atoms with van der Waals surface area (Å²) in [4.78, 5) is 28.6. The van der Waals surface area contributed by atoms with E-state index < -0.39 is 0 Å². The molecule has 0 radical (unpaired) electrons. The molecule has 0 unspecified atom stereocenters. The van der Waals surface area contributed by atoms with Crippen LogP contribution in [0.25, 0.3) is 0 Å².